The second kappa shape index (κ2) is 7.40. The standard InChI is InChI=1S/C17H29N5O2/c1-3-10-18-16(23)21-11-6-7-13(12-21)15-19-20(2)17(24)22(15)14-8-4-5-9-14/h13-14H,3-12H2,1-2H3,(H,18,23). The van der Waals surface area contributed by atoms with Crippen LogP contribution in [-0.2, 0) is 7.05 Å². The van der Waals surface area contributed by atoms with Gasteiger partial charge in [-0.25, -0.2) is 14.3 Å². The van der Waals surface area contributed by atoms with Crippen molar-refractivity contribution in [2.45, 2.75) is 63.8 Å². The second-order valence-corrected chi connectivity index (χ2v) is 7.09. The van der Waals surface area contributed by atoms with Gasteiger partial charge in [0.15, 0.2) is 0 Å². The number of nitrogens with one attached hydrogen (secondary N) is 1. The maximum Gasteiger partial charge on any atom is 0.345 e. The van der Waals surface area contributed by atoms with Gasteiger partial charge in [-0.3, -0.25) is 4.57 Å². The highest BCUT2D eigenvalue weighted by Gasteiger charge is 2.32. The molecule has 7 nitrogen and oxygen atoms in total. The fourth-order valence-corrected chi connectivity index (χ4v) is 4.00. The molecule has 2 fully saturated rings. The number of hydrogen-bond donors (Lipinski definition) is 1. The van der Waals surface area contributed by atoms with Crippen molar-refractivity contribution in [2.75, 3.05) is 19.6 Å². The Hall–Kier alpha value is -1.79. The molecule has 3 rings (SSSR count). The van der Waals surface area contributed by atoms with E-state index in [-0.39, 0.29) is 23.7 Å². The Kier molecular flexibility index (Phi) is 5.26. The Bertz CT molecular complexity index is 629. The van der Waals surface area contributed by atoms with E-state index in [0.717, 1.165) is 44.5 Å². The van der Waals surface area contributed by atoms with E-state index in [1.54, 1.807) is 7.05 Å². The normalized spacial score (nSPS) is 22.1. The summed E-state index contributed by atoms with van der Waals surface area (Å²) in [6.07, 6.45) is 7.37. The molecule has 1 aliphatic carbocycles. The van der Waals surface area contributed by atoms with Gasteiger partial charge in [-0.05, 0) is 32.1 Å². The van der Waals surface area contributed by atoms with Crippen LogP contribution in [0, 0.1) is 0 Å². The highest BCUT2D eigenvalue weighted by molar-refractivity contribution is 5.74. The van der Waals surface area contributed by atoms with Crippen molar-refractivity contribution in [3.8, 4) is 0 Å². The second-order valence-electron chi connectivity index (χ2n) is 7.09. The topological polar surface area (TPSA) is 72.2 Å². The third kappa shape index (κ3) is 3.35. The van der Waals surface area contributed by atoms with Crippen LogP contribution in [0.2, 0.25) is 0 Å². The molecule has 1 aromatic rings. The van der Waals surface area contributed by atoms with Gasteiger partial charge < -0.3 is 10.2 Å². The first-order valence-corrected chi connectivity index (χ1v) is 9.30. The first-order chi connectivity index (χ1) is 11.6. The maximum atomic E-state index is 12.5. The van der Waals surface area contributed by atoms with E-state index >= 15 is 0 Å². The minimum atomic E-state index is -0.00976. The summed E-state index contributed by atoms with van der Waals surface area (Å²) in [5.41, 5.74) is -0.00976. The third-order valence-electron chi connectivity index (χ3n) is 5.27. The zero-order chi connectivity index (χ0) is 17.1. The number of hydrogen-bond acceptors (Lipinski definition) is 3. The molecule has 0 radical (unpaired) electrons. The number of rotatable bonds is 4. The summed E-state index contributed by atoms with van der Waals surface area (Å²) in [5.74, 6) is 1.03. The molecule has 1 unspecified atom stereocenters. The molecule has 1 aromatic heterocycles. The van der Waals surface area contributed by atoms with E-state index in [0.29, 0.717) is 13.1 Å². The Balaban J connectivity index is 1.79. The number of nitrogens with zero attached hydrogens (tertiary/aromatic N) is 4. The largest absolute Gasteiger partial charge is 0.345 e. The number of carbonyl (C=O) groups is 1. The van der Waals surface area contributed by atoms with E-state index in [1.165, 1.54) is 17.5 Å². The van der Waals surface area contributed by atoms with Crippen LogP contribution in [0.25, 0.3) is 0 Å². The lowest BCUT2D eigenvalue weighted by molar-refractivity contribution is 0.177. The lowest BCUT2D eigenvalue weighted by atomic mass is 9.97. The quantitative estimate of drug-likeness (QED) is 0.915. The van der Waals surface area contributed by atoms with Crippen molar-refractivity contribution in [3.05, 3.63) is 16.3 Å². The average Bonchev–Trinajstić information content (AvgIpc) is 3.21. The smallest absolute Gasteiger partial charge is 0.338 e. The monoisotopic (exact) mass is 335 g/mol. The third-order valence-corrected chi connectivity index (χ3v) is 5.27. The molecule has 1 saturated heterocycles. The van der Waals surface area contributed by atoms with E-state index in [2.05, 4.69) is 10.4 Å². The molecule has 0 aromatic carbocycles. The first-order valence-electron chi connectivity index (χ1n) is 9.30. The summed E-state index contributed by atoms with van der Waals surface area (Å²) in [5, 5.41) is 7.50. The van der Waals surface area contributed by atoms with Gasteiger partial charge in [0.25, 0.3) is 0 Å². The first kappa shape index (κ1) is 17.0. The van der Waals surface area contributed by atoms with Gasteiger partial charge in [-0.2, -0.15) is 5.10 Å². The van der Waals surface area contributed by atoms with Crippen molar-refractivity contribution in [1.82, 2.24) is 24.6 Å². The van der Waals surface area contributed by atoms with E-state index in [1.807, 2.05) is 16.4 Å². The molecule has 1 aliphatic heterocycles. The molecule has 1 saturated carbocycles. The summed E-state index contributed by atoms with van der Waals surface area (Å²) in [6.45, 7) is 4.19. The summed E-state index contributed by atoms with van der Waals surface area (Å²) in [7, 11) is 1.73. The van der Waals surface area contributed by atoms with Crippen molar-refractivity contribution < 1.29 is 4.79 Å². The number of carbonyl (C=O) groups excluding carboxylic acids is 1. The summed E-state index contributed by atoms with van der Waals surface area (Å²) < 4.78 is 3.38. The number of piperidine rings is 1. The molecule has 2 aliphatic rings. The molecule has 1 atom stereocenters. The lowest BCUT2D eigenvalue weighted by Crippen LogP contribution is -2.45. The van der Waals surface area contributed by atoms with Gasteiger partial charge in [-0.1, -0.05) is 19.8 Å². The summed E-state index contributed by atoms with van der Waals surface area (Å²) >= 11 is 0. The molecule has 2 amide bonds. The van der Waals surface area contributed by atoms with Crippen molar-refractivity contribution >= 4 is 6.03 Å². The number of urea groups is 1. The molecular formula is C17H29N5O2. The van der Waals surface area contributed by atoms with Crippen LogP contribution in [0.3, 0.4) is 0 Å². The van der Waals surface area contributed by atoms with E-state index < -0.39 is 0 Å². The molecule has 1 N–H and O–H groups in total. The highest BCUT2D eigenvalue weighted by atomic mass is 16.2. The van der Waals surface area contributed by atoms with Gasteiger partial charge in [0, 0.05) is 38.6 Å². The van der Waals surface area contributed by atoms with Gasteiger partial charge in [0.05, 0.1) is 0 Å². The Morgan fingerprint density at radius 2 is 2.00 bits per heavy atom. The average molecular weight is 335 g/mol. The minimum absolute atomic E-state index is 0.00671. The van der Waals surface area contributed by atoms with Gasteiger partial charge in [0.1, 0.15) is 5.82 Å². The Morgan fingerprint density at radius 1 is 1.25 bits per heavy atom. The van der Waals surface area contributed by atoms with Crippen LogP contribution < -0.4 is 11.0 Å². The van der Waals surface area contributed by atoms with Crippen LogP contribution in [0.5, 0.6) is 0 Å². The summed E-state index contributed by atoms with van der Waals surface area (Å²) in [6, 6.07) is 0.290. The molecule has 0 spiro atoms. The van der Waals surface area contributed by atoms with Crippen LogP contribution >= 0.6 is 0 Å². The van der Waals surface area contributed by atoms with Crippen LogP contribution in [0.4, 0.5) is 4.79 Å². The molecule has 2 heterocycles. The predicted molar refractivity (Wildman–Crippen MR) is 92.2 cm³/mol. The van der Waals surface area contributed by atoms with Crippen molar-refractivity contribution in [3.63, 3.8) is 0 Å². The Labute approximate surface area is 143 Å². The number of aromatic nitrogens is 3. The van der Waals surface area contributed by atoms with Gasteiger partial charge in [-0.15, -0.1) is 0 Å². The minimum Gasteiger partial charge on any atom is -0.338 e. The Morgan fingerprint density at radius 3 is 2.71 bits per heavy atom. The van der Waals surface area contributed by atoms with Gasteiger partial charge in [0.2, 0.25) is 0 Å². The molecular weight excluding hydrogens is 306 g/mol. The summed E-state index contributed by atoms with van der Waals surface area (Å²) in [4.78, 5) is 26.7. The van der Waals surface area contributed by atoms with E-state index in [4.69, 9.17) is 0 Å². The number of likely N-dealkylation sites (tertiary alicyclic amines) is 1. The number of amides is 2. The van der Waals surface area contributed by atoms with Crippen molar-refractivity contribution in [2.24, 2.45) is 7.05 Å². The van der Waals surface area contributed by atoms with E-state index in [9.17, 15) is 9.59 Å². The predicted octanol–water partition coefficient (Wildman–Crippen LogP) is 2.00. The lowest BCUT2D eigenvalue weighted by Gasteiger charge is -2.32. The zero-order valence-corrected chi connectivity index (χ0v) is 14.8. The maximum absolute atomic E-state index is 12.5. The fraction of sp³-hybridized carbons (Fsp3) is 0.824. The van der Waals surface area contributed by atoms with Crippen molar-refractivity contribution in [1.29, 1.82) is 0 Å². The van der Waals surface area contributed by atoms with Gasteiger partial charge >= 0.3 is 11.7 Å². The molecule has 24 heavy (non-hydrogen) atoms. The van der Waals surface area contributed by atoms with Crippen LogP contribution in [0.15, 0.2) is 4.79 Å². The fourth-order valence-electron chi connectivity index (χ4n) is 4.00. The number of aryl methyl sites for hydroxylation is 1. The molecule has 134 valence electrons. The SMILES string of the molecule is CCCNC(=O)N1CCCC(c2nn(C)c(=O)n2C2CCCC2)C1. The molecule has 0 bridgehead atoms. The molecule has 7 heteroatoms. The van der Waals surface area contributed by atoms with Crippen LogP contribution in [0.1, 0.15) is 69.7 Å². The van der Waals surface area contributed by atoms with Crippen LogP contribution in [-0.4, -0.2) is 44.9 Å². The zero-order valence-electron chi connectivity index (χ0n) is 14.8. The highest BCUT2D eigenvalue weighted by Crippen LogP contribution is 2.33.